The number of ether oxygens (including phenoxy) is 1. The van der Waals surface area contributed by atoms with E-state index >= 15 is 0 Å². The molecule has 29 heavy (non-hydrogen) atoms. The number of aromatic nitrogens is 2. The molecule has 1 aromatic heterocycles. The monoisotopic (exact) mass is 427 g/mol. The molecular formula is C20H32N2O6P+. The fourth-order valence-corrected chi connectivity index (χ4v) is 3.69. The SMILES string of the molecule is CCCCCCCCCCO[P+](=O)OC[C@@H]1C=C[C@H](n2cc(C)c(=O)[nH]c2=O)O1. The van der Waals surface area contributed by atoms with Gasteiger partial charge < -0.3 is 4.74 Å². The van der Waals surface area contributed by atoms with E-state index in [1.165, 1.54) is 49.3 Å². The molecule has 3 atom stereocenters. The number of unbranched alkanes of at least 4 members (excludes halogenated alkanes) is 7. The van der Waals surface area contributed by atoms with Crippen molar-refractivity contribution in [2.75, 3.05) is 13.2 Å². The fraction of sp³-hybridized carbons (Fsp3) is 0.700. The van der Waals surface area contributed by atoms with Crippen molar-refractivity contribution in [2.24, 2.45) is 0 Å². The summed E-state index contributed by atoms with van der Waals surface area (Å²) in [5.41, 5.74) is -0.547. The highest BCUT2D eigenvalue weighted by molar-refractivity contribution is 7.33. The first kappa shape index (κ1) is 23.7. The summed E-state index contributed by atoms with van der Waals surface area (Å²) in [6, 6.07) is 0. The first-order valence-electron chi connectivity index (χ1n) is 10.4. The minimum atomic E-state index is -2.19. The fourth-order valence-electron chi connectivity index (χ4n) is 3.06. The van der Waals surface area contributed by atoms with Crippen LogP contribution in [0.5, 0.6) is 0 Å². The molecule has 2 heterocycles. The topological polar surface area (TPSA) is 99.6 Å². The van der Waals surface area contributed by atoms with Crippen molar-refractivity contribution in [3.63, 3.8) is 0 Å². The van der Waals surface area contributed by atoms with E-state index in [4.69, 9.17) is 13.8 Å². The summed E-state index contributed by atoms with van der Waals surface area (Å²) < 4.78 is 29.3. The van der Waals surface area contributed by atoms with E-state index in [0.29, 0.717) is 12.2 Å². The first-order chi connectivity index (χ1) is 14.0. The van der Waals surface area contributed by atoms with E-state index in [-0.39, 0.29) is 6.61 Å². The van der Waals surface area contributed by atoms with E-state index in [1.807, 2.05) is 0 Å². The van der Waals surface area contributed by atoms with Crippen LogP contribution in [0.25, 0.3) is 0 Å². The standard InChI is InChI=1S/C20H31N2O6P/c1-3-4-5-6-7-8-9-10-13-26-29(25)27-15-17-11-12-18(28-17)22-14-16(2)19(23)21-20(22)24/h11-12,14,17-18H,3-10,13,15H2,1-2H3/p+1/t17-,18+/m0/s1. The van der Waals surface area contributed by atoms with Crippen molar-refractivity contribution in [1.29, 1.82) is 0 Å². The van der Waals surface area contributed by atoms with Crippen LogP contribution < -0.4 is 11.2 Å². The molecule has 1 aliphatic rings. The van der Waals surface area contributed by atoms with Crippen LogP contribution in [0.15, 0.2) is 27.9 Å². The molecule has 0 saturated carbocycles. The second-order valence-electron chi connectivity index (χ2n) is 7.26. The van der Waals surface area contributed by atoms with Crippen molar-refractivity contribution in [1.82, 2.24) is 9.55 Å². The molecule has 0 aliphatic carbocycles. The Morgan fingerprint density at radius 2 is 1.76 bits per heavy atom. The van der Waals surface area contributed by atoms with Gasteiger partial charge in [0.05, 0.1) is 0 Å². The van der Waals surface area contributed by atoms with E-state index < -0.39 is 31.8 Å². The average Bonchev–Trinajstić information content (AvgIpc) is 3.16. The molecule has 1 unspecified atom stereocenters. The molecule has 0 fully saturated rings. The Morgan fingerprint density at radius 3 is 2.48 bits per heavy atom. The Balaban J connectivity index is 1.58. The second-order valence-corrected chi connectivity index (χ2v) is 8.22. The van der Waals surface area contributed by atoms with Crippen LogP contribution >= 0.6 is 8.25 Å². The predicted octanol–water partition coefficient (Wildman–Crippen LogP) is 4.13. The Hall–Kier alpha value is -1.60. The summed E-state index contributed by atoms with van der Waals surface area (Å²) in [6.07, 6.45) is 13.3. The van der Waals surface area contributed by atoms with Gasteiger partial charge in [-0.05, 0) is 19.4 Å². The van der Waals surface area contributed by atoms with Gasteiger partial charge in [0.2, 0.25) is 0 Å². The molecular weight excluding hydrogens is 395 g/mol. The van der Waals surface area contributed by atoms with Gasteiger partial charge in [-0.1, -0.05) is 57.9 Å². The molecule has 0 saturated heterocycles. The highest BCUT2D eigenvalue weighted by Crippen LogP contribution is 2.27. The molecule has 0 aromatic carbocycles. The zero-order valence-corrected chi connectivity index (χ0v) is 18.2. The van der Waals surface area contributed by atoms with Crippen LogP contribution in [0.2, 0.25) is 0 Å². The summed E-state index contributed by atoms with van der Waals surface area (Å²) in [7, 11) is -2.19. The van der Waals surface area contributed by atoms with Crippen LogP contribution in [0, 0.1) is 6.92 Å². The van der Waals surface area contributed by atoms with Gasteiger partial charge in [-0.2, -0.15) is 0 Å². The lowest BCUT2D eigenvalue weighted by molar-refractivity contribution is -0.00684. The minimum Gasteiger partial charge on any atom is -0.344 e. The molecule has 0 bridgehead atoms. The average molecular weight is 427 g/mol. The highest BCUT2D eigenvalue weighted by atomic mass is 31.1. The molecule has 1 aromatic rings. The van der Waals surface area contributed by atoms with E-state index in [0.717, 1.165) is 12.8 Å². The Morgan fingerprint density at radius 1 is 1.07 bits per heavy atom. The normalized spacial score (nSPS) is 19.0. The largest absolute Gasteiger partial charge is 0.697 e. The van der Waals surface area contributed by atoms with Crippen LogP contribution in [-0.2, 0) is 18.3 Å². The number of hydrogen-bond donors (Lipinski definition) is 1. The third-order valence-corrected chi connectivity index (χ3v) is 5.52. The Labute approximate surface area is 172 Å². The van der Waals surface area contributed by atoms with E-state index in [1.54, 1.807) is 19.1 Å². The van der Waals surface area contributed by atoms with Crippen LogP contribution in [0.3, 0.4) is 0 Å². The van der Waals surface area contributed by atoms with Gasteiger partial charge in [-0.3, -0.25) is 14.3 Å². The van der Waals surface area contributed by atoms with Crippen molar-refractivity contribution in [3.8, 4) is 0 Å². The number of hydrogen-bond acceptors (Lipinski definition) is 6. The third-order valence-electron chi connectivity index (χ3n) is 4.76. The number of H-pyrrole nitrogens is 1. The number of aryl methyl sites for hydroxylation is 1. The number of rotatable bonds is 14. The zero-order valence-electron chi connectivity index (χ0n) is 17.3. The molecule has 1 N–H and O–H groups in total. The lowest BCUT2D eigenvalue weighted by Crippen LogP contribution is -2.33. The zero-order chi connectivity index (χ0) is 21.1. The van der Waals surface area contributed by atoms with Gasteiger partial charge in [0.1, 0.15) is 19.3 Å². The van der Waals surface area contributed by atoms with Crippen molar-refractivity contribution >= 4 is 8.25 Å². The van der Waals surface area contributed by atoms with Crippen LogP contribution in [0.4, 0.5) is 0 Å². The van der Waals surface area contributed by atoms with Gasteiger partial charge in [0.25, 0.3) is 5.56 Å². The molecule has 0 amide bonds. The second kappa shape index (κ2) is 12.9. The molecule has 9 heteroatoms. The summed E-state index contributed by atoms with van der Waals surface area (Å²) in [4.78, 5) is 25.6. The lowest BCUT2D eigenvalue weighted by Gasteiger charge is -2.14. The van der Waals surface area contributed by atoms with Gasteiger partial charge in [-0.25, -0.2) is 4.79 Å². The Kier molecular flexibility index (Phi) is 10.5. The molecule has 8 nitrogen and oxygen atoms in total. The molecule has 0 radical (unpaired) electrons. The maximum atomic E-state index is 11.9. The first-order valence-corrected chi connectivity index (χ1v) is 11.5. The summed E-state index contributed by atoms with van der Waals surface area (Å²) in [5, 5.41) is 0. The molecule has 2 rings (SSSR count). The van der Waals surface area contributed by atoms with Crippen molar-refractivity contribution in [3.05, 3.63) is 44.8 Å². The number of nitrogens with one attached hydrogen (secondary N) is 1. The van der Waals surface area contributed by atoms with Gasteiger partial charge in [0.15, 0.2) is 6.23 Å². The lowest BCUT2D eigenvalue weighted by atomic mass is 10.1. The predicted molar refractivity (Wildman–Crippen MR) is 111 cm³/mol. The summed E-state index contributed by atoms with van der Waals surface area (Å²) in [6.45, 7) is 4.31. The van der Waals surface area contributed by atoms with Crippen LogP contribution in [-0.4, -0.2) is 28.9 Å². The Bertz CT molecular complexity index is 788. The van der Waals surface area contributed by atoms with E-state index in [9.17, 15) is 14.2 Å². The maximum Gasteiger partial charge on any atom is 0.697 e. The molecule has 1 aliphatic heterocycles. The van der Waals surface area contributed by atoms with Gasteiger partial charge in [-0.15, -0.1) is 9.05 Å². The third kappa shape index (κ3) is 8.34. The van der Waals surface area contributed by atoms with Crippen molar-refractivity contribution < 1.29 is 18.3 Å². The van der Waals surface area contributed by atoms with Crippen molar-refractivity contribution in [2.45, 2.75) is 77.5 Å². The number of nitrogens with zero attached hydrogens (tertiary/aromatic N) is 1. The maximum absolute atomic E-state index is 11.9. The van der Waals surface area contributed by atoms with Gasteiger partial charge >= 0.3 is 13.9 Å². The number of aromatic amines is 1. The van der Waals surface area contributed by atoms with E-state index in [2.05, 4.69) is 11.9 Å². The minimum absolute atomic E-state index is 0.0662. The van der Waals surface area contributed by atoms with Crippen LogP contribution in [0.1, 0.15) is 70.1 Å². The molecule has 0 spiro atoms. The summed E-state index contributed by atoms with van der Waals surface area (Å²) >= 11 is 0. The quantitative estimate of drug-likeness (QED) is 0.272. The molecule has 162 valence electrons. The highest BCUT2D eigenvalue weighted by Gasteiger charge is 2.27. The van der Waals surface area contributed by atoms with Gasteiger partial charge in [0, 0.05) is 16.3 Å². The smallest absolute Gasteiger partial charge is 0.344 e. The summed E-state index contributed by atoms with van der Waals surface area (Å²) in [5.74, 6) is 0.